The van der Waals surface area contributed by atoms with Gasteiger partial charge in [0.1, 0.15) is 11.8 Å². The highest BCUT2D eigenvalue weighted by atomic mass is 16.4. The van der Waals surface area contributed by atoms with Crippen LogP contribution in [0.2, 0.25) is 0 Å². The first-order valence-electron chi connectivity index (χ1n) is 7.83. The number of carbonyl (C=O) groups excluding carboxylic acids is 1. The average molecular weight is 349 g/mol. The molecular formula is C20H15NO5. The van der Waals surface area contributed by atoms with Crippen molar-refractivity contribution in [1.82, 2.24) is 5.32 Å². The number of fused-ring (bicyclic) bond motifs is 1. The molecule has 6 nitrogen and oxygen atoms in total. The van der Waals surface area contributed by atoms with E-state index in [1.807, 2.05) is 0 Å². The van der Waals surface area contributed by atoms with Crippen molar-refractivity contribution >= 4 is 28.9 Å². The molecule has 0 bridgehead atoms. The minimum atomic E-state index is -1.03. The molecular weight excluding hydrogens is 334 g/mol. The third-order valence-electron chi connectivity index (χ3n) is 3.76. The topological polar surface area (TPSA) is 96.6 Å². The van der Waals surface area contributed by atoms with E-state index in [4.69, 9.17) is 9.52 Å². The molecule has 130 valence electrons. The number of carboxylic acid groups (broad SMARTS) is 1. The Balaban J connectivity index is 1.68. The number of aromatic carboxylic acids is 1. The molecule has 0 atom stereocenters. The number of carboxylic acids is 1. The Morgan fingerprint density at radius 3 is 2.73 bits per heavy atom. The molecule has 0 aliphatic rings. The maximum Gasteiger partial charge on any atom is 0.335 e. The molecule has 3 aromatic rings. The van der Waals surface area contributed by atoms with Gasteiger partial charge in [0.2, 0.25) is 5.91 Å². The van der Waals surface area contributed by atoms with Crippen molar-refractivity contribution in [3.05, 3.63) is 87.8 Å². The molecule has 6 heteroatoms. The average Bonchev–Trinajstić information content (AvgIpc) is 2.66. The number of amides is 1. The predicted octanol–water partition coefficient (Wildman–Crippen LogP) is 2.82. The maximum absolute atomic E-state index is 12.3. The van der Waals surface area contributed by atoms with E-state index in [2.05, 4.69) is 5.32 Å². The van der Waals surface area contributed by atoms with Gasteiger partial charge >= 0.3 is 5.97 Å². The van der Waals surface area contributed by atoms with Crippen LogP contribution in [-0.4, -0.2) is 17.0 Å². The van der Waals surface area contributed by atoms with Crippen LogP contribution in [0.15, 0.2) is 70.1 Å². The Bertz CT molecular complexity index is 1060. The minimum Gasteiger partial charge on any atom is -0.478 e. The summed E-state index contributed by atoms with van der Waals surface area (Å²) in [6.45, 7) is 0.177. The van der Waals surface area contributed by atoms with E-state index in [1.54, 1.807) is 36.4 Å². The second-order valence-corrected chi connectivity index (χ2v) is 5.57. The fourth-order valence-electron chi connectivity index (χ4n) is 2.44. The summed E-state index contributed by atoms with van der Waals surface area (Å²) in [5.74, 6) is -1.43. The molecule has 0 unspecified atom stereocenters. The number of hydrogen-bond acceptors (Lipinski definition) is 4. The normalized spacial score (nSPS) is 10.9. The highest BCUT2D eigenvalue weighted by Gasteiger charge is 2.06. The summed E-state index contributed by atoms with van der Waals surface area (Å²) in [5, 5.41) is 12.0. The van der Waals surface area contributed by atoms with Gasteiger partial charge in [0.15, 0.2) is 5.43 Å². The molecule has 0 aliphatic carbocycles. The summed E-state index contributed by atoms with van der Waals surface area (Å²) in [6.07, 6.45) is 3.94. The Morgan fingerprint density at radius 1 is 1.12 bits per heavy atom. The largest absolute Gasteiger partial charge is 0.478 e. The number of hydrogen-bond donors (Lipinski definition) is 2. The summed E-state index contributed by atoms with van der Waals surface area (Å²) in [6, 6.07) is 13.2. The van der Waals surface area contributed by atoms with Crippen molar-refractivity contribution in [3.8, 4) is 0 Å². The molecule has 1 heterocycles. The Morgan fingerprint density at radius 2 is 1.92 bits per heavy atom. The molecule has 3 rings (SSSR count). The lowest BCUT2D eigenvalue weighted by Crippen LogP contribution is -2.20. The van der Waals surface area contributed by atoms with Crippen LogP contribution >= 0.6 is 0 Å². The van der Waals surface area contributed by atoms with Gasteiger partial charge in [-0.3, -0.25) is 9.59 Å². The van der Waals surface area contributed by atoms with Crippen LogP contribution in [-0.2, 0) is 11.3 Å². The van der Waals surface area contributed by atoms with Crippen molar-refractivity contribution in [1.29, 1.82) is 0 Å². The molecule has 26 heavy (non-hydrogen) atoms. The maximum atomic E-state index is 12.3. The second-order valence-electron chi connectivity index (χ2n) is 5.57. The van der Waals surface area contributed by atoms with Gasteiger partial charge in [0.05, 0.1) is 16.5 Å². The zero-order valence-corrected chi connectivity index (χ0v) is 13.6. The molecule has 0 fully saturated rings. The Labute approximate surface area is 148 Å². The van der Waals surface area contributed by atoms with Crippen molar-refractivity contribution in [3.63, 3.8) is 0 Å². The van der Waals surface area contributed by atoms with Gasteiger partial charge in [-0.15, -0.1) is 0 Å². The summed E-state index contributed by atoms with van der Waals surface area (Å²) in [7, 11) is 0. The third-order valence-corrected chi connectivity index (χ3v) is 3.76. The highest BCUT2D eigenvalue weighted by molar-refractivity contribution is 5.92. The third kappa shape index (κ3) is 3.87. The van der Waals surface area contributed by atoms with Crippen molar-refractivity contribution in [2.45, 2.75) is 6.54 Å². The summed E-state index contributed by atoms with van der Waals surface area (Å²) in [4.78, 5) is 35.2. The fourth-order valence-corrected chi connectivity index (χ4v) is 2.44. The van der Waals surface area contributed by atoms with Crippen molar-refractivity contribution in [2.75, 3.05) is 0 Å². The molecule has 2 N–H and O–H groups in total. The highest BCUT2D eigenvalue weighted by Crippen LogP contribution is 2.11. The van der Waals surface area contributed by atoms with E-state index in [0.717, 1.165) is 0 Å². The minimum absolute atomic E-state index is 0.154. The molecule has 1 aromatic heterocycles. The quantitative estimate of drug-likeness (QED) is 0.691. The van der Waals surface area contributed by atoms with E-state index >= 15 is 0 Å². The van der Waals surface area contributed by atoms with Crippen molar-refractivity contribution < 1.29 is 19.1 Å². The first kappa shape index (κ1) is 17.2. The van der Waals surface area contributed by atoms with E-state index in [9.17, 15) is 14.4 Å². The van der Waals surface area contributed by atoms with Crippen LogP contribution in [0, 0.1) is 0 Å². The lowest BCUT2D eigenvalue weighted by molar-refractivity contribution is -0.116. The van der Waals surface area contributed by atoms with Gasteiger partial charge in [-0.25, -0.2) is 4.79 Å². The number of para-hydroxylation sites is 1. The molecule has 2 aromatic carbocycles. The second kappa shape index (κ2) is 7.48. The fraction of sp³-hybridized carbons (Fsp3) is 0.0500. The van der Waals surface area contributed by atoms with Crippen LogP contribution in [0.25, 0.3) is 17.0 Å². The molecule has 0 saturated carbocycles. The van der Waals surface area contributed by atoms with E-state index in [1.165, 1.54) is 30.5 Å². The summed E-state index contributed by atoms with van der Waals surface area (Å²) in [5.41, 5.74) is 1.35. The molecule has 0 aliphatic heterocycles. The number of nitrogens with one attached hydrogen (secondary N) is 1. The van der Waals surface area contributed by atoms with Gasteiger partial charge in [-0.1, -0.05) is 24.3 Å². The first-order chi connectivity index (χ1) is 12.5. The lowest BCUT2D eigenvalue weighted by Gasteiger charge is -2.04. The number of benzene rings is 2. The van der Waals surface area contributed by atoms with Crippen LogP contribution in [0.1, 0.15) is 21.5 Å². The predicted molar refractivity (Wildman–Crippen MR) is 96.8 cm³/mol. The smallest absolute Gasteiger partial charge is 0.335 e. The Hall–Kier alpha value is -3.67. The zero-order chi connectivity index (χ0) is 18.5. The standard InChI is InChI=1S/C20H15NO5/c22-18(21-11-13-4-3-5-14(10-13)20(24)25)9-8-15-12-26-17-7-2-1-6-16(17)19(15)23/h1-10,12H,11H2,(H,21,22)(H,24,25)/b9-8+. The molecule has 1 amide bonds. The zero-order valence-electron chi connectivity index (χ0n) is 13.6. The molecule has 0 radical (unpaired) electrons. The van der Waals surface area contributed by atoms with Crippen molar-refractivity contribution in [2.24, 2.45) is 0 Å². The first-order valence-corrected chi connectivity index (χ1v) is 7.83. The van der Waals surface area contributed by atoms with Crippen LogP contribution in [0.5, 0.6) is 0 Å². The van der Waals surface area contributed by atoms with E-state index < -0.39 is 11.9 Å². The Kier molecular flexibility index (Phi) is 4.94. The molecule has 0 saturated heterocycles. The number of carbonyl (C=O) groups is 2. The van der Waals surface area contributed by atoms with Gasteiger partial charge in [-0.05, 0) is 35.9 Å². The van der Waals surface area contributed by atoms with E-state index in [-0.39, 0.29) is 23.1 Å². The molecule has 0 spiro atoms. The number of rotatable bonds is 5. The lowest BCUT2D eigenvalue weighted by atomic mass is 10.1. The monoisotopic (exact) mass is 349 g/mol. The SMILES string of the molecule is O=C(/C=C/c1coc2ccccc2c1=O)NCc1cccc(C(=O)O)c1. The van der Waals surface area contributed by atoms with Gasteiger partial charge in [0, 0.05) is 12.6 Å². The van der Waals surface area contributed by atoms with Crippen LogP contribution in [0.3, 0.4) is 0 Å². The summed E-state index contributed by atoms with van der Waals surface area (Å²) < 4.78 is 5.38. The van der Waals surface area contributed by atoms with Crippen LogP contribution in [0.4, 0.5) is 0 Å². The summed E-state index contributed by atoms with van der Waals surface area (Å²) >= 11 is 0. The van der Waals surface area contributed by atoms with Gasteiger partial charge in [0.25, 0.3) is 0 Å². The van der Waals surface area contributed by atoms with Crippen LogP contribution < -0.4 is 10.7 Å². The van der Waals surface area contributed by atoms with E-state index in [0.29, 0.717) is 16.5 Å². The van der Waals surface area contributed by atoms with Gasteiger partial charge in [-0.2, -0.15) is 0 Å². The van der Waals surface area contributed by atoms with Gasteiger partial charge < -0.3 is 14.8 Å².